The topological polar surface area (TPSA) is 50.1 Å². The molecule has 0 bridgehead atoms. The maximum Gasteiger partial charge on any atom is 0.0135 e. The van der Waals surface area contributed by atoms with Crippen LogP contribution in [0.15, 0.2) is 12.2 Å². The van der Waals surface area contributed by atoms with E-state index in [1.807, 2.05) is 6.08 Å². The second-order valence-electron chi connectivity index (χ2n) is 2.97. The Bertz CT molecular complexity index is 113. The Kier molecular flexibility index (Phi) is 11.3. The average molecular weight is 185 g/mol. The predicted octanol–water partition coefficient (Wildman–Crippen LogP) is 0.481. The molecule has 0 rings (SSSR count). The molecule has 78 valence electrons. The molecule has 0 aromatic carbocycles. The van der Waals surface area contributed by atoms with Gasteiger partial charge in [0.2, 0.25) is 0 Å². The molecule has 3 nitrogen and oxygen atoms in total. The molecule has 3 heteroatoms. The van der Waals surface area contributed by atoms with Gasteiger partial charge in [0, 0.05) is 13.1 Å². The van der Waals surface area contributed by atoms with E-state index < -0.39 is 0 Å². The van der Waals surface area contributed by atoms with Gasteiger partial charge in [0.25, 0.3) is 0 Å². The molecule has 0 saturated heterocycles. The largest absolute Gasteiger partial charge is 0.327 e. The van der Waals surface area contributed by atoms with Crippen LogP contribution in [0.25, 0.3) is 0 Å². The first kappa shape index (κ1) is 12.6. The van der Waals surface area contributed by atoms with Gasteiger partial charge in [0.05, 0.1) is 0 Å². The third-order valence-electron chi connectivity index (χ3n) is 1.77. The Labute approximate surface area is 81.8 Å². The summed E-state index contributed by atoms with van der Waals surface area (Å²) in [4.78, 5) is 0. The maximum absolute atomic E-state index is 5.30. The first-order valence-electron chi connectivity index (χ1n) is 5.18. The van der Waals surface area contributed by atoms with Crippen LogP contribution in [0.5, 0.6) is 0 Å². The highest BCUT2D eigenvalue weighted by Gasteiger charge is 1.86. The molecule has 0 heterocycles. The van der Waals surface area contributed by atoms with Gasteiger partial charge in [-0.3, -0.25) is 0 Å². The molecule has 0 aliphatic heterocycles. The monoisotopic (exact) mass is 185 g/mol. The molecule has 0 amide bonds. The van der Waals surface area contributed by atoms with Crippen molar-refractivity contribution in [3.63, 3.8) is 0 Å². The van der Waals surface area contributed by atoms with Crippen molar-refractivity contribution < 1.29 is 0 Å². The number of nitrogens with one attached hydrogen (secondary N) is 2. The molecule has 0 aromatic heterocycles. The van der Waals surface area contributed by atoms with E-state index >= 15 is 0 Å². The number of nitrogens with two attached hydrogens (primary N) is 1. The normalized spacial score (nSPS) is 11.2. The lowest BCUT2D eigenvalue weighted by atomic mass is 10.3. The quantitative estimate of drug-likeness (QED) is 0.362. The van der Waals surface area contributed by atoms with E-state index in [9.17, 15) is 0 Å². The lowest BCUT2D eigenvalue weighted by molar-refractivity contribution is 0.609. The highest BCUT2D eigenvalue weighted by molar-refractivity contribution is 4.84. The van der Waals surface area contributed by atoms with Gasteiger partial charge in [-0.15, -0.1) is 0 Å². The summed E-state index contributed by atoms with van der Waals surface area (Å²) in [5.41, 5.74) is 5.30. The lowest BCUT2D eigenvalue weighted by Gasteiger charge is -2.02. The van der Waals surface area contributed by atoms with Crippen molar-refractivity contribution in [1.29, 1.82) is 0 Å². The molecule has 0 aromatic rings. The molecular weight excluding hydrogens is 162 g/mol. The van der Waals surface area contributed by atoms with Crippen molar-refractivity contribution in [3.8, 4) is 0 Å². The van der Waals surface area contributed by atoms with Crippen molar-refractivity contribution in [2.75, 3.05) is 32.7 Å². The Balaban J connectivity index is 2.87. The maximum atomic E-state index is 5.30. The summed E-state index contributed by atoms with van der Waals surface area (Å²) in [6.45, 7) is 7.03. The highest BCUT2D eigenvalue weighted by atomic mass is 14.9. The molecule has 0 aliphatic rings. The Morgan fingerprint density at radius 3 is 2.38 bits per heavy atom. The van der Waals surface area contributed by atoms with Crippen molar-refractivity contribution >= 4 is 0 Å². The molecule has 0 saturated carbocycles. The van der Waals surface area contributed by atoms with Crippen LogP contribution >= 0.6 is 0 Å². The first-order valence-corrected chi connectivity index (χ1v) is 5.18. The minimum Gasteiger partial charge on any atom is -0.327 e. The van der Waals surface area contributed by atoms with Gasteiger partial charge in [0.15, 0.2) is 0 Å². The number of hydrogen-bond acceptors (Lipinski definition) is 3. The van der Waals surface area contributed by atoms with Gasteiger partial charge in [0.1, 0.15) is 0 Å². The summed E-state index contributed by atoms with van der Waals surface area (Å²) >= 11 is 0. The van der Waals surface area contributed by atoms with Crippen LogP contribution in [0.2, 0.25) is 0 Å². The lowest BCUT2D eigenvalue weighted by Crippen LogP contribution is -2.18. The smallest absolute Gasteiger partial charge is 0.0135 e. The van der Waals surface area contributed by atoms with Gasteiger partial charge < -0.3 is 16.4 Å². The Morgan fingerprint density at radius 1 is 1.08 bits per heavy atom. The van der Waals surface area contributed by atoms with E-state index in [-0.39, 0.29) is 0 Å². The molecule has 0 atom stereocenters. The van der Waals surface area contributed by atoms with Gasteiger partial charge in [-0.2, -0.15) is 0 Å². The van der Waals surface area contributed by atoms with Crippen LogP contribution in [0, 0.1) is 0 Å². The molecule has 0 fully saturated rings. The van der Waals surface area contributed by atoms with Crippen molar-refractivity contribution in [2.24, 2.45) is 5.73 Å². The van der Waals surface area contributed by atoms with Crippen LogP contribution in [0.1, 0.15) is 19.8 Å². The van der Waals surface area contributed by atoms with Gasteiger partial charge in [-0.25, -0.2) is 0 Å². The number of hydrogen-bond donors (Lipinski definition) is 3. The molecule has 4 N–H and O–H groups in total. The van der Waals surface area contributed by atoms with Gasteiger partial charge in [-0.05, 0) is 32.5 Å². The van der Waals surface area contributed by atoms with E-state index in [2.05, 4.69) is 23.6 Å². The second kappa shape index (κ2) is 11.6. The predicted molar refractivity (Wildman–Crippen MR) is 58.8 cm³/mol. The van der Waals surface area contributed by atoms with Crippen LogP contribution < -0.4 is 16.4 Å². The van der Waals surface area contributed by atoms with Gasteiger partial charge >= 0.3 is 0 Å². The molecule has 0 unspecified atom stereocenters. The van der Waals surface area contributed by atoms with E-state index in [0.717, 1.165) is 26.2 Å². The van der Waals surface area contributed by atoms with E-state index in [4.69, 9.17) is 5.73 Å². The van der Waals surface area contributed by atoms with Crippen molar-refractivity contribution in [1.82, 2.24) is 10.6 Å². The summed E-state index contributed by atoms with van der Waals surface area (Å²) in [6, 6.07) is 0. The zero-order valence-electron chi connectivity index (χ0n) is 8.68. The fourth-order valence-corrected chi connectivity index (χ4v) is 1.04. The zero-order chi connectivity index (χ0) is 9.78. The fraction of sp³-hybridized carbons (Fsp3) is 0.800. The van der Waals surface area contributed by atoms with Crippen LogP contribution in [-0.2, 0) is 0 Å². The summed E-state index contributed by atoms with van der Waals surface area (Å²) < 4.78 is 0. The van der Waals surface area contributed by atoms with E-state index in [0.29, 0.717) is 6.54 Å². The number of unbranched alkanes of at least 4 members (excludes halogenated alkanes) is 1. The zero-order valence-corrected chi connectivity index (χ0v) is 8.68. The molecular formula is C10H23N3. The van der Waals surface area contributed by atoms with Crippen molar-refractivity contribution in [3.05, 3.63) is 12.2 Å². The Hall–Kier alpha value is -0.380. The molecule has 0 aliphatic carbocycles. The third kappa shape index (κ3) is 11.6. The average Bonchev–Trinajstić information content (AvgIpc) is 2.16. The number of rotatable bonds is 9. The summed E-state index contributed by atoms with van der Waals surface area (Å²) in [5.74, 6) is 0. The van der Waals surface area contributed by atoms with Gasteiger partial charge in [-0.1, -0.05) is 19.1 Å². The van der Waals surface area contributed by atoms with E-state index in [1.54, 1.807) is 0 Å². The highest BCUT2D eigenvalue weighted by Crippen LogP contribution is 1.83. The Morgan fingerprint density at radius 2 is 1.77 bits per heavy atom. The standard InChI is InChI=1S/C10H23N3/c1-2-12-8-5-6-10-13-9-4-3-7-11/h3-4,12-13H,2,5-11H2,1H3/b4-3-. The SMILES string of the molecule is CCNCCCCNC/C=C\CN. The molecule has 0 radical (unpaired) electrons. The van der Waals surface area contributed by atoms with Crippen LogP contribution in [0.3, 0.4) is 0 Å². The minimum absolute atomic E-state index is 0.641. The summed E-state index contributed by atoms with van der Waals surface area (Å²) in [6.07, 6.45) is 6.54. The summed E-state index contributed by atoms with van der Waals surface area (Å²) in [7, 11) is 0. The van der Waals surface area contributed by atoms with Crippen LogP contribution in [-0.4, -0.2) is 32.7 Å². The van der Waals surface area contributed by atoms with E-state index in [1.165, 1.54) is 12.8 Å². The van der Waals surface area contributed by atoms with Crippen LogP contribution in [0.4, 0.5) is 0 Å². The molecule has 0 spiro atoms. The summed E-state index contributed by atoms with van der Waals surface area (Å²) in [5, 5.41) is 6.63. The third-order valence-corrected chi connectivity index (χ3v) is 1.77. The minimum atomic E-state index is 0.641. The second-order valence-corrected chi connectivity index (χ2v) is 2.97. The fourth-order valence-electron chi connectivity index (χ4n) is 1.04. The van der Waals surface area contributed by atoms with Crippen molar-refractivity contribution in [2.45, 2.75) is 19.8 Å². The first-order chi connectivity index (χ1) is 6.41. The molecule has 13 heavy (non-hydrogen) atoms.